The highest BCUT2D eigenvalue weighted by Gasteiger charge is 2.32. The Balaban J connectivity index is 1.89. The first-order valence-electron chi connectivity index (χ1n) is 9.97. The molecule has 0 aromatic heterocycles. The van der Waals surface area contributed by atoms with Gasteiger partial charge in [0.1, 0.15) is 0 Å². The van der Waals surface area contributed by atoms with Gasteiger partial charge in [-0.25, -0.2) is 0 Å². The van der Waals surface area contributed by atoms with Crippen LogP contribution in [-0.2, 0) is 9.59 Å². The standard InChI is InChI=1S/C19H35N5O2/c1-4-21-18(22-13-19(2,3)17(20)26)23-15-10-11-24(12-15)16(25)14-8-6-5-7-9-14/h14-15H,4-13H2,1-3H3,(H2,20,26)(H2,21,22,23). The number of nitrogens with zero attached hydrogens (tertiary/aromatic N) is 2. The van der Waals surface area contributed by atoms with Gasteiger partial charge in [0.2, 0.25) is 11.8 Å². The summed E-state index contributed by atoms with van der Waals surface area (Å²) in [6.07, 6.45) is 6.62. The summed E-state index contributed by atoms with van der Waals surface area (Å²) >= 11 is 0. The first-order chi connectivity index (χ1) is 12.3. The lowest BCUT2D eigenvalue weighted by atomic mass is 9.88. The third-order valence-corrected chi connectivity index (χ3v) is 5.44. The second-order valence-electron chi connectivity index (χ2n) is 8.19. The van der Waals surface area contributed by atoms with Crippen LogP contribution in [0.5, 0.6) is 0 Å². The molecular weight excluding hydrogens is 330 g/mol. The zero-order chi connectivity index (χ0) is 19.2. The predicted octanol–water partition coefficient (Wildman–Crippen LogP) is 1.23. The lowest BCUT2D eigenvalue weighted by Crippen LogP contribution is -2.46. The molecule has 2 fully saturated rings. The molecule has 148 valence electrons. The molecule has 1 saturated carbocycles. The summed E-state index contributed by atoms with van der Waals surface area (Å²) in [6, 6.07) is 0.192. The van der Waals surface area contributed by atoms with Gasteiger partial charge in [-0.05, 0) is 40.0 Å². The average molecular weight is 366 g/mol. The summed E-state index contributed by atoms with van der Waals surface area (Å²) < 4.78 is 0. The van der Waals surface area contributed by atoms with Crippen LogP contribution in [0.4, 0.5) is 0 Å². The Hall–Kier alpha value is -1.79. The molecule has 0 aromatic carbocycles. The summed E-state index contributed by atoms with van der Waals surface area (Å²) in [7, 11) is 0. The Morgan fingerprint density at radius 2 is 1.88 bits per heavy atom. The van der Waals surface area contributed by atoms with Crippen molar-refractivity contribution in [1.82, 2.24) is 15.5 Å². The van der Waals surface area contributed by atoms with Crippen molar-refractivity contribution in [2.24, 2.45) is 22.1 Å². The molecule has 1 heterocycles. The number of nitrogens with two attached hydrogens (primary N) is 1. The van der Waals surface area contributed by atoms with E-state index in [0.717, 1.165) is 38.9 Å². The van der Waals surface area contributed by atoms with Gasteiger partial charge in [0, 0.05) is 31.6 Å². The van der Waals surface area contributed by atoms with Crippen LogP contribution in [0.15, 0.2) is 4.99 Å². The zero-order valence-electron chi connectivity index (χ0n) is 16.5. The third-order valence-electron chi connectivity index (χ3n) is 5.44. The molecule has 1 saturated heterocycles. The van der Waals surface area contributed by atoms with Gasteiger partial charge in [-0.2, -0.15) is 0 Å². The fourth-order valence-corrected chi connectivity index (χ4v) is 3.55. The van der Waals surface area contributed by atoms with Crippen molar-refractivity contribution >= 4 is 17.8 Å². The first-order valence-corrected chi connectivity index (χ1v) is 9.97. The number of hydrogen-bond acceptors (Lipinski definition) is 3. The van der Waals surface area contributed by atoms with Gasteiger partial charge < -0.3 is 21.3 Å². The highest BCUT2D eigenvalue weighted by Crippen LogP contribution is 2.26. The van der Waals surface area contributed by atoms with E-state index in [1.165, 1.54) is 19.3 Å². The van der Waals surface area contributed by atoms with Crippen LogP contribution in [0.2, 0.25) is 0 Å². The monoisotopic (exact) mass is 365 g/mol. The molecule has 0 radical (unpaired) electrons. The number of nitrogens with one attached hydrogen (secondary N) is 2. The van der Waals surface area contributed by atoms with Crippen molar-refractivity contribution in [2.45, 2.75) is 65.3 Å². The van der Waals surface area contributed by atoms with Gasteiger partial charge in [0.15, 0.2) is 5.96 Å². The largest absolute Gasteiger partial charge is 0.369 e. The van der Waals surface area contributed by atoms with Crippen LogP contribution in [0.3, 0.4) is 0 Å². The van der Waals surface area contributed by atoms with Gasteiger partial charge in [0.25, 0.3) is 0 Å². The van der Waals surface area contributed by atoms with Crippen molar-refractivity contribution in [3.05, 3.63) is 0 Å². The minimum absolute atomic E-state index is 0.192. The molecule has 1 atom stereocenters. The highest BCUT2D eigenvalue weighted by atomic mass is 16.2. The molecular formula is C19H35N5O2. The van der Waals surface area contributed by atoms with Crippen molar-refractivity contribution in [3.8, 4) is 0 Å². The van der Waals surface area contributed by atoms with Crippen LogP contribution in [0.25, 0.3) is 0 Å². The zero-order valence-corrected chi connectivity index (χ0v) is 16.5. The fourth-order valence-electron chi connectivity index (χ4n) is 3.55. The third kappa shape index (κ3) is 5.61. The molecule has 2 aliphatic rings. The quantitative estimate of drug-likeness (QED) is 0.487. The van der Waals surface area contributed by atoms with Gasteiger partial charge in [-0.15, -0.1) is 0 Å². The molecule has 0 spiro atoms. The molecule has 2 rings (SSSR count). The Labute approximate surface area is 157 Å². The molecule has 1 unspecified atom stereocenters. The molecule has 4 N–H and O–H groups in total. The van der Waals surface area contributed by atoms with E-state index < -0.39 is 5.41 Å². The minimum Gasteiger partial charge on any atom is -0.369 e. The smallest absolute Gasteiger partial charge is 0.225 e. The normalized spacial score (nSPS) is 22.3. The van der Waals surface area contributed by atoms with Crippen LogP contribution in [0.1, 0.15) is 59.3 Å². The first kappa shape index (κ1) is 20.5. The van der Waals surface area contributed by atoms with E-state index in [0.29, 0.717) is 18.4 Å². The van der Waals surface area contributed by atoms with E-state index in [9.17, 15) is 9.59 Å². The van der Waals surface area contributed by atoms with E-state index >= 15 is 0 Å². The maximum atomic E-state index is 12.7. The van der Waals surface area contributed by atoms with Crippen LogP contribution in [-0.4, -0.2) is 54.9 Å². The van der Waals surface area contributed by atoms with E-state index in [4.69, 9.17) is 5.73 Å². The SMILES string of the molecule is CCNC(=NCC(C)(C)C(N)=O)NC1CCN(C(=O)C2CCCCC2)C1. The fraction of sp³-hybridized carbons (Fsp3) is 0.842. The lowest BCUT2D eigenvalue weighted by molar-refractivity contribution is -0.135. The van der Waals surface area contributed by atoms with Gasteiger partial charge in [0.05, 0.1) is 12.0 Å². The number of carbonyl (C=O) groups excluding carboxylic acids is 2. The maximum Gasteiger partial charge on any atom is 0.225 e. The molecule has 0 aromatic rings. The Kier molecular flexibility index (Phi) is 7.29. The lowest BCUT2D eigenvalue weighted by Gasteiger charge is -2.26. The van der Waals surface area contributed by atoms with Gasteiger partial charge in [-0.1, -0.05) is 19.3 Å². The molecule has 7 nitrogen and oxygen atoms in total. The van der Waals surface area contributed by atoms with Crippen LogP contribution in [0, 0.1) is 11.3 Å². The van der Waals surface area contributed by atoms with Gasteiger partial charge in [-0.3, -0.25) is 14.6 Å². The number of likely N-dealkylation sites (tertiary alicyclic amines) is 1. The van der Waals surface area contributed by atoms with Crippen molar-refractivity contribution in [1.29, 1.82) is 0 Å². The number of carbonyl (C=O) groups is 2. The topological polar surface area (TPSA) is 99.8 Å². The van der Waals surface area contributed by atoms with E-state index in [-0.39, 0.29) is 17.9 Å². The number of rotatable bonds is 6. The minimum atomic E-state index is -0.680. The van der Waals surface area contributed by atoms with Crippen molar-refractivity contribution in [3.63, 3.8) is 0 Å². The maximum absolute atomic E-state index is 12.7. The molecule has 2 amide bonds. The second kappa shape index (κ2) is 9.24. The Bertz CT molecular complexity index is 526. The van der Waals surface area contributed by atoms with Crippen LogP contribution >= 0.6 is 0 Å². The molecule has 26 heavy (non-hydrogen) atoms. The number of hydrogen-bond donors (Lipinski definition) is 3. The average Bonchev–Trinajstić information content (AvgIpc) is 3.08. The summed E-state index contributed by atoms with van der Waals surface area (Å²) in [4.78, 5) is 30.7. The van der Waals surface area contributed by atoms with Crippen LogP contribution < -0.4 is 16.4 Å². The van der Waals surface area contributed by atoms with Crippen molar-refractivity contribution in [2.75, 3.05) is 26.2 Å². The Morgan fingerprint density at radius 1 is 1.19 bits per heavy atom. The van der Waals surface area contributed by atoms with Gasteiger partial charge >= 0.3 is 0 Å². The van der Waals surface area contributed by atoms with E-state index in [1.807, 2.05) is 11.8 Å². The van der Waals surface area contributed by atoms with E-state index in [1.54, 1.807) is 13.8 Å². The summed E-state index contributed by atoms with van der Waals surface area (Å²) in [5.74, 6) is 0.868. The Morgan fingerprint density at radius 3 is 2.50 bits per heavy atom. The highest BCUT2D eigenvalue weighted by molar-refractivity contribution is 5.83. The summed E-state index contributed by atoms with van der Waals surface area (Å²) in [5, 5.41) is 6.62. The van der Waals surface area contributed by atoms with E-state index in [2.05, 4.69) is 15.6 Å². The number of primary amides is 1. The molecule has 1 aliphatic carbocycles. The summed E-state index contributed by atoms with van der Waals surface area (Å²) in [5.41, 5.74) is 4.74. The molecule has 1 aliphatic heterocycles. The molecule has 0 bridgehead atoms. The summed E-state index contributed by atoms with van der Waals surface area (Å²) in [6.45, 7) is 8.18. The molecule has 7 heteroatoms. The number of aliphatic imine (C=N–C) groups is 1. The number of guanidine groups is 1. The second-order valence-corrected chi connectivity index (χ2v) is 8.19. The number of amides is 2. The predicted molar refractivity (Wildman–Crippen MR) is 104 cm³/mol. The van der Waals surface area contributed by atoms with Crippen molar-refractivity contribution < 1.29 is 9.59 Å².